The molecule has 26 heavy (non-hydrogen) atoms. The number of hydrogen-bond donors (Lipinski definition) is 0. The summed E-state index contributed by atoms with van der Waals surface area (Å²) in [5.74, 6) is 3.11. The number of nitrogens with zero attached hydrogens (tertiary/aromatic N) is 5. The van der Waals surface area contributed by atoms with Crippen LogP contribution < -0.4 is 0 Å². The zero-order chi connectivity index (χ0) is 17.8. The zero-order valence-electron chi connectivity index (χ0n) is 16.0. The van der Waals surface area contributed by atoms with E-state index in [1.54, 1.807) is 0 Å². The first kappa shape index (κ1) is 18.0. The first-order valence-corrected chi connectivity index (χ1v) is 10.7. The van der Waals surface area contributed by atoms with Crippen LogP contribution in [-0.4, -0.2) is 63.2 Å². The van der Waals surface area contributed by atoms with Crippen LogP contribution in [0.5, 0.6) is 0 Å². The second kappa shape index (κ2) is 8.51. The number of hydrogen-bond acceptors (Lipinski definition) is 4. The molecule has 0 N–H and O–H groups in total. The first-order chi connectivity index (χ1) is 12.8. The number of rotatable bonds is 3. The van der Waals surface area contributed by atoms with E-state index >= 15 is 0 Å². The minimum atomic E-state index is 0.327. The molecule has 4 rings (SSSR count). The largest absolute Gasteiger partial charge is 0.342 e. The number of fused-ring (bicyclic) bond motifs is 1. The molecule has 1 atom stereocenters. The molecule has 2 fully saturated rings. The highest BCUT2D eigenvalue weighted by Crippen LogP contribution is 2.28. The van der Waals surface area contributed by atoms with Crippen molar-refractivity contribution in [2.45, 2.75) is 76.7 Å². The van der Waals surface area contributed by atoms with E-state index in [1.165, 1.54) is 63.0 Å². The number of carbonyl (C=O) groups excluding carboxylic acids is 1. The maximum Gasteiger partial charge on any atom is 0.236 e. The van der Waals surface area contributed by atoms with E-state index in [1.807, 2.05) is 0 Å². The zero-order valence-corrected chi connectivity index (χ0v) is 16.0. The van der Waals surface area contributed by atoms with E-state index in [0.29, 0.717) is 18.4 Å². The van der Waals surface area contributed by atoms with Gasteiger partial charge in [0.25, 0.3) is 0 Å². The number of carbonyl (C=O) groups is 1. The van der Waals surface area contributed by atoms with E-state index in [-0.39, 0.29) is 0 Å². The minimum absolute atomic E-state index is 0.327. The summed E-state index contributed by atoms with van der Waals surface area (Å²) < 4.78 is 2.39. The Labute approximate surface area is 156 Å². The van der Waals surface area contributed by atoms with Gasteiger partial charge in [-0.2, -0.15) is 0 Å². The predicted octanol–water partition coefficient (Wildman–Crippen LogP) is 2.59. The molecule has 0 unspecified atom stereocenters. The van der Waals surface area contributed by atoms with Gasteiger partial charge in [0.05, 0.1) is 6.54 Å². The summed E-state index contributed by atoms with van der Waals surface area (Å²) in [5, 5.41) is 9.05. The van der Waals surface area contributed by atoms with Crippen molar-refractivity contribution in [1.29, 1.82) is 0 Å². The third-order valence-corrected chi connectivity index (χ3v) is 6.33. The molecule has 2 saturated heterocycles. The van der Waals surface area contributed by atoms with Gasteiger partial charge in [0.2, 0.25) is 5.91 Å². The Morgan fingerprint density at radius 3 is 2.50 bits per heavy atom. The van der Waals surface area contributed by atoms with Gasteiger partial charge in [-0.1, -0.05) is 19.3 Å². The summed E-state index contributed by atoms with van der Waals surface area (Å²) in [6.07, 6.45) is 12.0. The van der Waals surface area contributed by atoms with Crippen LogP contribution in [0.25, 0.3) is 0 Å². The maximum absolute atomic E-state index is 12.7. The van der Waals surface area contributed by atoms with Gasteiger partial charge in [-0.25, -0.2) is 0 Å². The molecule has 1 aromatic rings. The van der Waals surface area contributed by atoms with Crippen LogP contribution in [0.15, 0.2) is 0 Å². The van der Waals surface area contributed by atoms with Crippen LogP contribution in [0, 0.1) is 0 Å². The molecule has 6 nitrogen and oxygen atoms in total. The smallest absolute Gasteiger partial charge is 0.236 e. The standard InChI is InChI=1S/C20H33N5O/c26-19(24-12-5-1-2-6-13-24)16-23-11-8-9-17(15-23)20-22-21-18-10-4-3-7-14-25(18)20/h17H,1-16H2/t17-/m1/s1. The number of aromatic nitrogens is 3. The van der Waals surface area contributed by atoms with Crippen molar-refractivity contribution in [3.8, 4) is 0 Å². The van der Waals surface area contributed by atoms with Gasteiger partial charge in [0.15, 0.2) is 0 Å². The summed E-state index contributed by atoms with van der Waals surface area (Å²) in [7, 11) is 0. The topological polar surface area (TPSA) is 54.3 Å². The van der Waals surface area contributed by atoms with Crippen molar-refractivity contribution < 1.29 is 4.79 Å². The second-order valence-corrected chi connectivity index (χ2v) is 8.31. The van der Waals surface area contributed by atoms with E-state index in [9.17, 15) is 4.79 Å². The highest BCUT2D eigenvalue weighted by molar-refractivity contribution is 5.78. The Morgan fingerprint density at radius 1 is 0.885 bits per heavy atom. The molecule has 0 saturated carbocycles. The van der Waals surface area contributed by atoms with Gasteiger partial charge >= 0.3 is 0 Å². The summed E-state index contributed by atoms with van der Waals surface area (Å²) in [6.45, 7) is 5.55. The third-order valence-electron chi connectivity index (χ3n) is 6.33. The molecule has 3 aliphatic heterocycles. The molecule has 0 bridgehead atoms. The molecular weight excluding hydrogens is 326 g/mol. The monoisotopic (exact) mass is 359 g/mol. The van der Waals surface area contributed by atoms with Crippen LogP contribution in [0.3, 0.4) is 0 Å². The van der Waals surface area contributed by atoms with Gasteiger partial charge in [-0.05, 0) is 45.1 Å². The lowest BCUT2D eigenvalue weighted by Crippen LogP contribution is -2.44. The molecule has 6 heteroatoms. The van der Waals surface area contributed by atoms with Crippen LogP contribution in [0.2, 0.25) is 0 Å². The highest BCUT2D eigenvalue weighted by Gasteiger charge is 2.29. The van der Waals surface area contributed by atoms with Gasteiger partial charge < -0.3 is 9.47 Å². The van der Waals surface area contributed by atoms with Gasteiger partial charge in [-0.3, -0.25) is 9.69 Å². The minimum Gasteiger partial charge on any atom is -0.342 e. The lowest BCUT2D eigenvalue weighted by Gasteiger charge is -2.33. The third kappa shape index (κ3) is 4.11. The number of piperidine rings is 1. The molecule has 1 aromatic heterocycles. The average Bonchev–Trinajstić information content (AvgIpc) is 2.86. The van der Waals surface area contributed by atoms with Crippen LogP contribution in [-0.2, 0) is 17.8 Å². The SMILES string of the molecule is O=C(CN1CCC[C@@H](c2nnc3n2CCCCC3)C1)N1CCCCCC1. The highest BCUT2D eigenvalue weighted by atomic mass is 16.2. The molecule has 3 aliphatic rings. The Balaban J connectivity index is 1.38. The molecule has 144 valence electrons. The Bertz CT molecular complexity index is 605. The lowest BCUT2D eigenvalue weighted by molar-refractivity contribution is -0.132. The first-order valence-electron chi connectivity index (χ1n) is 10.7. The molecule has 1 amide bonds. The summed E-state index contributed by atoms with van der Waals surface area (Å²) in [5.41, 5.74) is 0. The Morgan fingerprint density at radius 2 is 1.65 bits per heavy atom. The second-order valence-electron chi connectivity index (χ2n) is 8.31. The van der Waals surface area contributed by atoms with Crippen LogP contribution >= 0.6 is 0 Å². The Hall–Kier alpha value is -1.43. The van der Waals surface area contributed by atoms with Crippen molar-refractivity contribution in [3.05, 3.63) is 11.6 Å². The molecule has 4 heterocycles. The summed E-state index contributed by atoms with van der Waals surface area (Å²) in [4.78, 5) is 17.2. The molecule has 0 aromatic carbocycles. The van der Waals surface area contributed by atoms with Gasteiger partial charge in [0, 0.05) is 38.5 Å². The van der Waals surface area contributed by atoms with E-state index in [4.69, 9.17) is 0 Å². The van der Waals surface area contributed by atoms with Crippen molar-refractivity contribution in [2.75, 3.05) is 32.7 Å². The predicted molar refractivity (Wildman–Crippen MR) is 101 cm³/mol. The molecule has 0 radical (unpaired) electrons. The fraction of sp³-hybridized carbons (Fsp3) is 0.850. The van der Waals surface area contributed by atoms with Crippen LogP contribution in [0.4, 0.5) is 0 Å². The number of amides is 1. The van der Waals surface area contributed by atoms with Crippen LogP contribution in [0.1, 0.15) is 75.4 Å². The van der Waals surface area contributed by atoms with E-state index in [2.05, 4.69) is 24.6 Å². The van der Waals surface area contributed by atoms with Crippen molar-refractivity contribution in [2.24, 2.45) is 0 Å². The van der Waals surface area contributed by atoms with E-state index in [0.717, 1.165) is 45.6 Å². The van der Waals surface area contributed by atoms with Crippen molar-refractivity contribution in [3.63, 3.8) is 0 Å². The van der Waals surface area contributed by atoms with Crippen molar-refractivity contribution >= 4 is 5.91 Å². The summed E-state index contributed by atoms with van der Waals surface area (Å²) in [6, 6.07) is 0. The Kier molecular flexibility index (Phi) is 5.88. The van der Waals surface area contributed by atoms with E-state index < -0.39 is 0 Å². The molecule has 0 spiro atoms. The van der Waals surface area contributed by atoms with Crippen molar-refractivity contribution in [1.82, 2.24) is 24.6 Å². The maximum atomic E-state index is 12.7. The molecular formula is C20H33N5O. The molecule has 0 aliphatic carbocycles. The lowest BCUT2D eigenvalue weighted by atomic mass is 9.97. The van der Waals surface area contributed by atoms with Gasteiger partial charge in [-0.15, -0.1) is 10.2 Å². The quantitative estimate of drug-likeness (QED) is 0.832. The number of aryl methyl sites for hydroxylation is 1. The fourth-order valence-corrected chi connectivity index (χ4v) is 4.83. The fourth-order valence-electron chi connectivity index (χ4n) is 4.83. The summed E-state index contributed by atoms with van der Waals surface area (Å²) >= 11 is 0. The normalized spacial score (nSPS) is 25.4. The number of likely N-dealkylation sites (tertiary alicyclic amines) is 2. The van der Waals surface area contributed by atoms with Gasteiger partial charge in [0.1, 0.15) is 11.6 Å². The average molecular weight is 360 g/mol.